The van der Waals surface area contributed by atoms with Crippen molar-refractivity contribution in [1.82, 2.24) is 10.2 Å². The van der Waals surface area contributed by atoms with Crippen LogP contribution in [0.25, 0.3) is 5.57 Å². The summed E-state index contributed by atoms with van der Waals surface area (Å²) >= 11 is 7.55. The van der Waals surface area contributed by atoms with Gasteiger partial charge in [-0.05, 0) is 42.5 Å². The van der Waals surface area contributed by atoms with Gasteiger partial charge in [0, 0.05) is 54.1 Å². The molecule has 3 rings (SSSR count). The van der Waals surface area contributed by atoms with Gasteiger partial charge in [0.05, 0.1) is 11.3 Å². The predicted octanol–water partition coefficient (Wildman–Crippen LogP) is 5.15. The molecule has 30 heavy (non-hydrogen) atoms. The van der Waals surface area contributed by atoms with Crippen LogP contribution in [0.5, 0.6) is 11.5 Å². The maximum Gasteiger partial charge on any atom is 0.261 e. The first-order chi connectivity index (χ1) is 14.4. The van der Waals surface area contributed by atoms with Crippen LogP contribution in [0.1, 0.15) is 12.5 Å². The Morgan fingerprint density at radius 1 is 1.23 bits per heavy atom. The molecule has 0 aliphatic carbocycles. The fourth-order valence-electron chi connectivity index (χ4n) is 2.92. The van der Waals surface area contributed by atoms with Crippen molar-refractivity contribution in [3.63, 3.8) is 0 Å². The highest BCUT2D eigenvalue weighted by atomic mass is 35.5. The topological polar surface area (TPSA) is 77.5 Å². The number of carbonyl (C=O) groups is 1. The molecule has 1 amide bonds. The van der Waals surface area contributed by atoms with E-state index in [1.165, 1.54) is 4.90 Å². The van der Waals surface area contributed by atoms with E-state index in [-0.39, 0.29) is 17.2 Å². The van der Waals surface area contributed by atoms with Gasteiger partial charge in [0.25, 0.3) is 5.91 Å². The molecule has 0 radical (unpaired) electrons. The first-order valence-corrected chi connectivity index (χ1v) is 10.7. The highest BCUT2D eigenvalue weighted by Crippen LogP contribution is 2.37. The molecule has 0 saturated carbocycles. The van der Waals surface area contributed by atoms with Gasteiger partial charge in [0.2, 0.25) is 0 Å². The average Bonchev–Trinajstić information content (AvgIpc) is 2.74. The summed E-state index contributed by atoms with van der Waals surface area (Å²) in [7, 11) is 3.38. The van der Waals surface area contributed by atoms with Crippen LogP contribution in [0, 0.1) is 5.41 Å². The summed E-state index contributed by atoms with van der Waals surface area (Å²) < 4.78 is 9.40. The van der Waals surface area contributed by atoms with E-state index in [4.69, 9.17) is 21.7 Å². The number of nitrogens with one attached hydrogen (secondary N) is 3. The Morgan fingerprint density at radius 3 is 2.63 bits per heavy atom. The van der Waals surface area contributed by atoms with Crippen molar-refractivity contribution in [2.75, 3.05) is 24.6 Å². The van der Waals surface area contributed by atoms with Crippen molar-refractivity contribution in [2.24, 2.45) is 0 Å². The molecule has 0 unspecified atom stereocenters. The molecule has 0 saturated heterocycles. The molecule has 0 atom stereocenters. The standard InChI is InChI=1S/C22H23ClN4O2S/c1-4-30-26-15-7-10-20(29-16-8-5-14(23)6-9-16)17(11-15)19-13-27(3)22(28)18(12-25-2)21(19)24/h5-13,24-26H,4H2,1-3H3/b18-12+,24-21?. The molecule has 3 N–H and O–H groups in total. The molecule has 1 heterocycles. The quantitative estimate of drug-likeness (QED) is 0.408. The van der Waals surface area contributed by atoms with E-state index >= 15 is 0 Å². The summed E-state index contributed by atoms with van der Waals surface area (Å²) in [4.78, 5) is 14.0. The van der Waals surface area contributed by atoms with Gasteiger partial charge in [-0.1, -0.05) is 30.5 Å². The second-order valence-corrected chi connectivity index (χ2v) is 7.99. The van der Waals surface area contributed by atoms with Crippen LogP contribution in [0.15, 0.2) is 60.4 Å². The lowest BCUT2D eigenvalue weighted by atomic mass is 9.92. The third-order valence-electron chi connectivity index (χ3n) is 4.35. The SMILES string of the molecule is CCSNc1ccc(Oc2ccc(Cl)cc2)c(C2=CN(C)C(=O)/C(=C/NC)C2=N)c1. The third-order valence-corrected chi connectivity index (χ3v) is 5.27. The van der Waals surface area contributed by atoms with Crippen molar-refractivity contribution in [3.8, 4) is 11.5 Å². The summed E-state index contributed by atoms with van der Waals surface area (Å²) in [5.74, 6) is 1.87. The fraction of sp³-hybridized carbons (Fsp3) is 0.182. The Morgan fingerprint density at radius 2 is 1.97 bits per heavy atom. The lowest BCUT2D eigenvalue weighted by Crippen LogP contribution is -2.33. The van der Waals surface area contributed by atoms with E-state index in [0.717, 1.165) is 11.4 Å². The number of anilines is 1. The molecule has 0 spiro atoms. The van der Waals surface area contributed by atoms with Crippen molar-refractivity contribution in [1.29, 1.82) is 5.41 Å². The maximum absolute atomic E-state index is 12.5. The van der Waals surface area contributed by atoms with E-state index in [1.54, 1.807) is 62.7 Å². The number of amides is 1. The molecule has 1 aliphatic rings. The van der Waals surface area contributed by atoms with Crippen LogP contribution in [0.4, 0.5) is 5.69 Å². The Bertz CT molecular complexity index is 1020. The minimum atomic E-state index is -0.242. The first kappa shape index (κ1) is 21.8. The largest absolute Gasteiger partial charge is 0.457 e. The fourth-order valence-corrected chi connectivity index (χ4v) is 3.48. The first-order valence-electron chi connectivity index (χ1n) is 9.36. The van der Waals surface area contributed by atoms with Crippen molar-refractivity contribution < 1.29 is 9.53 Å². The number of nitrogens with zero attached hydrogens (tertiary/aromatic N) is 1. The number of likely N-dealkylation sites (N-methyl/N-ethyl adjacent to an activating group) is 1. The number of hydrogen-bond acceptors (Lipinski definition) is 6. The zero-order chi connectivity index (χ0) is 21.7. The molecular weight excluding hydrogens is 420 g/mol. The Hall–Kier alpha value is -2.90. The van der Waals surface area contributed by atoms with E-state index in [1.807, 2.05) is 18.2 Å². The van der Waals surface area contributed by atoms with Gasteiger partial charge < -0.3 is 19.7 Å². The van der Waals surface area contributed by atoms with Gasteiger partial charge in [0.15, 0.2) is 0 Å². The van der Waals surface area contributed by atoms with E-state index in [2.05, 4.69) is 17.0 Å². The average molecular weight is 443 g/mol. The van der Waals surface area contributed by atoms with Gasteiger partial charge in [-0.25, -0.2) is 0 Å². The zero-order valence-electron chi connectivity index (χ0n) is 17.0. The highest BCUT2D eigenvalue weighted by molar-refractivity contribution is 8.00. The minimum Gasteiger partial charge on any atom is -0.457 e. The summed E-state index contributed by atoms with van der Waals surface area (Å²) in [5, 5.41) is 12.1. The molecule has 0 aromatic heterocycles. The van der Waals surface area contributed by atoms with Crippen molar-refractivity contribution in [3.05, 3.63) is 71.0 Å². The van der Waals surface area contributed by atoms with Gasteiger partial charge in [0.1, 0.15) is 11.5 Å². The summed E-state index contributed by atoms with van der Waals surface area (Å²) in [5.41, 5.74) is 2.60. The summed E-state index contributed by atoms with van der Waals surface area (Å²) in [6, 6.07) is 12.8. The van der Waals surface area contributed by atoms with Crippen molar-refractivity contribution >= 4 is 46.4 Å². The Kier molecular flexibility index (Phi) is 7.07. The van der Waals surface area contributed by atoms with Crippen LogP contribution in [-0.2, 0) is 4.79 Å². The molecule has 8 heteroatoms. The molecular formula is C22H23ClN4O2S. The smallest absolute Gasteiger partial charge is 0.261 e. The number of carbonyl (C=O) groups excluding carboxylic acids is 1. The molecule has 0 bridgehead atoms. The van der Waals surface area contributed by atoms with Crippen LogP contribution in [-0.4, -0.2) is 36.4 Å². The third kappa shape index (κ3) is 4.80. The van der Waals surface area contributed by atoms with Crippen LogP contribution >= 0.6 is 23.5 Å². The molecule has 156 valence electrons. The van der Waals surface area contributed by atoms with Gasteiger partial charge in [-0.15, -0.1) is 0 Å². The lowest BCUT2D eigenvalue weighted by Gasteiger charge is -2.25. The van der Waals surface area contributed by atoms with Crippen LogP contribution < -0.4 is 14.8 Å². The van der Waals surface area contributed by atoms with E-state index in [0.29, 0.717) is 27.7 Å². The molecule has 2 aromatic rings. The number of allylic oxidation sites excluding steroid dienone is 1. The van der Waals surface area contributed by atoms with E-state index in [9.17, 15) is 4.79 Å². The molecule has 0 fully saturated rings. The number of hydrogen-bond donors (Lipinski definition) is 3. The number of halogens is 1. The van der Waals surface area contributed by atoms with Crippen LogP contribution in [0.3, 0.4) is 0 Å². The molecule has 2 aromatic carbocycles. The minimum absolute atomic E-state index is 0.133. The summed E-state index contributed by atoms with van der Waals surface area (Å²) in [6.07, 6.45) is 3.21. The lowest BCUT2D eigenvalue weighted by molar-refractivity contribution is -0.123. The Labute approximate surface area is 185 Å². The number of benzene rings is 2. The second kappa shape index (κ2) is 9.73. The van der Waals surface area contributed by atoms with Crippen molar-refractivity contribution in [2.45, 2.75) is 6.92 Å². The highest BCUT2D eigenvalue weighted by Gasteiger charge is 2.29. The van der Waals surface area contributed by atoms with E-state index < -0.39 is 0 Å². The van der Waals surface area contributed by atoms with Crippen LogP contribution in [0.2, 0.25) is 5.02 Å². The Balaban J connectivity index is 2.08. The molecule has 6 nitrogen and oxygen atoms in total. The van der Waals surface area contributed by atoms with Gasteiger partial charge >= 0.3 is 0 Å². The monoisotopic (exact) mass is 442 g/mol. The zero-order valence-corrected chi connectivity index (χ0v) is 18.5. The normalized spacial score (nSPS) is 15.3. The number of ether oxygens (including phenoxy) is 1. The maximum atomic E-state index is 12.5. The number of rotatable bonds is 7. The summed E-state index contributed by atoms with van der Waals surface area (Å²) in [6.45, 7) is 2.06. The molecule has 1 aliphatic heterocycles. The van der Waals surface area contributed by atoms with Gasteiger partial charge in [-0.2, -0.15) is 0 Å². The second-order valence-electron chi connectivity index (χ2n) is 6.48. The predicted molar refractivity (Wildman–Crippen MR) is 125 cm³/mol. The van der Waals surface area contributed by atoms with Gasteiger partial charge in [-0.3, -0.25) is 10.2 Å².